The maximum atomic E-state index is 12.0. The Morgan fingerprint density at radius 1 is 1.28 bits per heavy atom. The summed E-state index contributed by atoms with van der Waals surface area (Å²) in [5.41, 5.74) is 1.03. The first-order chi connectivity index (χ1) is 11.8. The molecule has 0 saturated carbocycles. The highest BCUT2D eigenvalue weighted by Crippen LogP contribution is 2.29. The van der Waals surface area contributed by atoms with Crippen LogP contribution in [0.3, 0.4) is 0 Å². The summed E-state index contributed by atoms with van der Waals surface area (Å²) in [6.45, 7) is 4.11. The number of aliphatic hydroxyl groups excluding tert-OH is 1. The number of likely N-dealkylation sites (tertiary alicyclic amines) is 1. The van der Waals surface area contributed by atoms with Gasteiger partial charge in [0.15, 0.2) is 11.5 Å². The molecule has 0 bridgehead atoms. The van der Waals surface area contributed by atoms with Gasteiger partial charge in [0.25, 0.3) is 0 Å². The molecule has 1 aliphatic rings. The Morgan fingerprint density at radius 2 is 2.00 bits per heavy atom. The SMILES string of the molecule is CCOc1ccc(CN2C[C@@H](CS(=O)(=O)N(C)C)[C@@H](O)C2)cc1OC. The number of benzene rings is 1. The number of aliphatic hydroxyl groups is 1. The first kappa shape index (κ1) is 20.0. The van der Waals surface area contributed by atoms with Gasteiger partial charge in [-0.3, -0.25) is 4.90 Å². The molecule has 0 unspecified atom stereocenters. The molecule has 0 radical (unpaired) electrons. The fraction of sp³-hybridized carbons (Fsp3) is 0.647. The third-order valence-electron chi connectivity index (χ3n) is 4.40. The lowest BCUT2D eigenvalue weighted by molar-refractivity contribution is 0.148. The van der Waals surface area contributed by atoms with Crippen molar-refractivity contribution in [2.45, 2.75) is 19.6 Å². The number of hydrogen-bond donors (Lipinski definition) is 1. The molecule has 8 heteroatoms. The van der Waals surface area contributed by atoms with Crippen LogP contribution in [0.1, 0.15) is 12.5 Å². The lowest BCUT2D eigenvalue weighted by atomic mass is 10.1. The fourth-order valence-corrected chi connectivity index (χ4v) is 4.16. The van der Waals surface area contributed by atoms with E-state index in [-0.39, 0.29) is 11.7 Å². The Hall–Kier alpha value is -1.35. The summed E-state index contributed by atoms with van der Waals surface area (Å²) in [5.74, 6) is 1.05. The van der Waals surface area contributed by atoms with Crippen LogP contribution in [0.4, 0.5) is 0 Å². The number of methoxy groups -OCH3 is 1. The molecule has 2 rings (SSSR count). The Balaban J connectivity index is 2.02. The molecule has 1 heterocycles. The minimum Gasteiger partial charge on any atom is -0.493 e. The first-order valence-corrected chi connectivity index (χ1v) is 9.98. The van der Waals surface area contributed by atoms with E-state index in [0.717, 1.165) is 5.56 Å². The van der Waals surface area contributed by atoms with Crippen LogP contribution in [0.2, 0.25) is 0 Å². The highest BCUT2D eigenvalue weighted by atomic mass is 32.2. The van der Waals surface area contributed by atoms with Gasteiger partial charge >= 0.3 is 0 Å². The predicted molar refractivity (Wildman–Crippen MR) is 96.4 cm³/mol. The van der Waals surface area contributed by atoms with Gasteiger partial charge in [-0.25, -0.2) is 12.7 Å². The predicted octanol–water partition coefficient (Wildman–Crippen LogP) is 0.778. The highest BCUT2D eigenvalue weighted by molar-refractivity contribution is 7.89. The van der Waals surface area contributed by atoms with Crippen molar-refractivity contribution in [1.29, 1.82) is 0 Å². The molecule has 0 aliphatic carbocycles. The van der Waals surface area contributed by atoms with Crippen LogP contribution < -0.4 is 9.47 Å². The van der Waals surface area contributed by atoms with Gasteiger partial charge in [-0.15, -0.1) is 0 Å². The lowest BCUT2D eigenvalue weighted by Crippen LogP contribution is -2.33. The van der Waals surface area contributed by atoms with Gasteiger partial charge in [0, 0.05) is 39.6 Å². The van der Waals surface area contributed by atoms with Gasteiger partial charge in [0.05, 0.1) is 25.6 Å². The summed E-state index contributed by atoms with van der Waals surface area (Å²) in [6.07, 6.45) is -0.640. The van der Waals surface area contributed by atoms with Crippen molar-refractivity contribution in [2.24, 2.45) is 5.92 Å². The van der Waals surface area contributed by atoms with E-state index < -0.39 is 16.1 Å². The molecule has 0 amide bonds. The van der Waals surface area contributed by atoms with E-state index in [0.29, 0.717) is 37.7 Å². The van der Waals surface area contributed by atoms with E-state index in [2.05, 4.69) is 4.90 Å². The Bertz CT molecular complexity index is 678. The molecular weight excluding hydrogens is 344 g/mol. The number of β-amino-alcohol motifs (C(OH)–C–C–N with tert-alkyl or cyclic N) is 1. The second-order valence-electron chi connectivity index (χ2n) is 6.50. The summed E-state index contributed by atoms with van der Waals surface area (Å²) < 4.78 is 36.2. The second-order valence-corrected chi connectivity index (χ2v) is 8.73. The molecule has 0 aromatic heterocycles. The van der Waals surface area contributed by atoms with Gasteiger partial charge < -0.3 is 14.6 Å². The minimum absolute atomic E-state index is 0.0374. The molecular formula is C17H28N2O5S. The zero-order valence-corrected chi connectivity index (χ0v) is 16.1. The van der Waals surface area contributed by atoms with Crippen molar-refractivity contribution in [3.05, 3.63) is 23.8 Å². The van der Waals surface area contributed by atoms with Crippen LogP contribution in [0.25, 0.3) is 0 Å². The molecule has 25 heavy (non-hydrogen) atoms. The summed E-state index contributed by atoms with van der Waals surface area (Å²) in [5, 5.41) is 10.2. The number of nitrogens with zero attached hydrogens (tertiary/aromatic N) is 2. The van der Waals surface area contributed by atoms with Crippen LogP contribution >= 0.6 is 0 Å². The number of hydrogen-bond acceptors (Lipinski definition) is 6. The van der Waals surface area contributed by atoms with Crippen LogP contribution in [0.5, 0.6) is 11.5 Å². The Morgan fingerprint density at radius 3 is 2.60 bits per heavy atom. The Labute approximate surface area is 150 Å². The molecule has 1 saturated heterocycles. The fourth-order valence-electron chi connectivity index (χ4n) is 3.00. The molecule has 1 N–H and O–H groups in total. The zero-order chi connectivity index (χ0) is 18.6. The van der Waals surface area contributed by atoms with Crippen LogP contribution in [-0.2, 0) is 16.6 Å². The molecule has 1 aromatic carbocycles. The minimum atomic E-state index is -3.32. The first-order valence-electron chi connectivity index (χ1n) is 8.37. The van der Waals surface area contributed by atoms with Gasteiger partial charge in [-0.05, 0) is 24.6 Å². The van der Waals surface area contributed by atoms with E-state index >= 15 is 0 Å². The van der Waals surface area contributed by atoms with Crippen molar-refractivity contribution < 1.29 is 23.0 Å². The zero-order valence-electron chi connectivity index (χ0n) is 15.3. The number of rotatable bonds is 8. The van der Waals surface area contributed by atoms with E-state index in [1.807, 2.05) is 25.1 Å². The van der Waals surface area contributed by atoms with Crippen molar-refractivity contribution in [2.75, 3.05) is 46.7 Å². The molecule has 1 fully saturated rings. The molecule has 1 aliphatic heterocycles. The topological polar surface area (TPSA) is 79.3 Å². The van der Waals surface area contributed by atoms with Crippen molar-refractivity contribution in [3.8, 4) is 11.5 Å². The smallest absolute Gasteiger partial charge is 0.214 e. The lowest BCUT2D eigenvalue weighted by Gasteiger charge is -2.18. The normalized spacial score (nSPS) is 21.7. The van der Waals surface area contributed by atoms with Gasteiger partial charge in [-0.1, -0.05) is 6.07 Å². The number of ether oxygens (including phenoxy) is 2. The van der Waals surface area contributed by atoms with Gasteiger partial charge in [0.1, 0.15) is 0 Å². The van der Waals surface area contributed by atoms with Crippen LogP contribution in [0, 0.1) is 5.92 Å². The van der Waals surface area contributed by atoms with Crippen molar-refractivity contribution in [1.82, 2.24) is 9.21 Å². The average Bonchev–Trinajstić information content (AvgIpc) is 2.87. The third-order valence-corrected chi connectivity index (χ3v) is 6.36. The largest absolute Gasteiger partial charge is 0.493 e. The van der Waals surface area contributed by atoms with Crippen molar-refractivity contribution >= 4 is 10.0 Å². The van der Waals surface area contributed by atoms with Gasteiger partial charge in [-0.2, -0.15) is 0 Å². The second kappa shape index (κ2) is 8.35. The monoisotopic (exact) mass is 372 g/mol. The Kier molecular flexibility index (Phi) is 6.67. The van der Waals surface area contributed by atoms with Gasteiger partial charge in [0.2, 0.25) is 10.0 Å². The highest BCUT2D eigenvalue weighted by Gasteiger charge is 2.35. The summed E-state index contributed by atoms with van der Waals surface area (Å²) in [6, 6.07) is 5.75. The average molecular weight is 372 g/mol. The summed E-state index contributed by atoms with van der Waals surface area (Å²) >= 11 is 0. The van der Waals surface area contributed by atoms with Crippen LogP contribution in [-0.4, -0.2) is 75.5 Å². The maximum absolute atomic E-state index is 12.0. The number of sulfonamides is 1. The molecule has 142 valence electrons. The summed E-state index contributed by atoms with van der Waals surface area (Å²) in [4.78, 5) is 2.07. The molecule has 0 spiro atoms. The molecule has 1 aromatic rings. The molecule has 2 atom stereocenters. The molecule has 7 nitrogen and oxygen atoms in total. The van der Waals surface area contributed by atoms with Crippen LogP contribution in [0.15, 0.2) is 18.2 Å². The maximum Gasteiger partial charge on any atom is 0.214 e. The van der Waals surface area contributed by atoms with E-state index in [1.165, 1.54) is 18.4 Å². The standard InChI is InChI=1S/C17H28N2O5S/c1-5-24-16-7-6-13(8-17(16)23-4)9-19-10-14(15(20)11-19)12-25(21,22)18(2)3/h6-8,14-15,20H,5,9-12H2,1-4H3/t14-,15-/m0/s1. The van der Waals surface area contributed by atoms with Crippen molar-refractivity contribution in [3.63, 3.8) is 0 Å². The third kappa shape index (κ3) is 5.07. The van der Waals surface area contributed by atoms with E-state index in [9.17, 15) is 13.5 Å². The van der Waals surface area contributed by atoms with E-state index in [4.69, 9.17) is 9.47 Å². The summed E-state index contributed by atoms with van der Waals surface area (Å²) in [7, 11) is 1.31. The van der Waals surface area contributed by atoms with E-state index in [1.54, 1.807) is 7.11 Å². The quantitative estimate of drug-likeness (QED) is 0.726.